The minimum Gasteiger partial charge on any atom is -0.494 e. The molecule has 21 heavy (non-hydrogen) atoms. The Morgan fingerprint density at radius 2 is 1.62 bits per heavy atom. The number of ether oxygens (including phenoxy) is 1. The van der Waals surface area contributed by atoms with Gasteiger partial charge in [-0.15, -0.1) is 0 Å². The molecule has 0 saturated carbocycles. The van der Waals surface area contributed by atoms with Crippen LogP contribution in [0.1, 0.15) is 0 Å². The molecule has 3 N–H and O–H groups in total. The normalized spacial score (nSPS) is 11.2. The van der Waals surface area contributed by atoms with Crippen LogP contribution in [0.3, 0.4) is 0 Å². The molecule has 0 aliphatic rings. The van der Waals surface area contributed by atoms with E-state index in [9.17, 15) is 8.42 Å². The maximum absolute atomic E-state index is 12.2. The minimum absolute atomic E-state index is 0.0831. The summed E-state index contributed by atoms with van der Waals surface area (Å²) >= 11 is 11.9. The first-order valence-electron chi connectivity index (χ1n) is 5.75. The summed E-state index contributed by atoms with van der Waals surface area (Å²) in [6.07, 6.45) is 0. The standard InChI is InChI=1S/C13H12Cl2N2O3S/c1-20-13-11(14)6-9(7-12(13)15)17-21(18,19)10-4-2-8(16)3-5-10/h2-7,17H,16H2,1H3. The van der Waals surface area contributed by atoms with Crippen molar-refractivity contribution in [1.82, 2.24) is 0 Å². The molecule has 0 amide bonds. The van der Waals surface area contributed by atoms with E-state index in [2.05, 4.69) is 4.72 Å². The van der Waals surface area contributed by atoms with Crippen molar-refractivity contribution in [3.8, 4) is 5.75 Å². The average molecular weight is 347 g/mol. The van der Waals surface area contributed by atoms with Gasteiger partial charge in [0.1, 0.15) is 0 Å². The SMILES string of the molecule is COc1c(Cl)cc(NS(=O)(=O)c2ccc(N)cc2)cc1Cl. The van der Waals surface area contributed by atoms with E-state index in [1.54, 1.807) is 0 Å². The van der Waals surface area contributed by atoms with Gasteiger partial charge >= 0.3 is 0 Å². The van der Waals surface area contributed by atoms with Crippen LogP contribution in [0.25, 0.3) is 0 Å². The topological polar surface area (TPSA) is 81.4 Å². The zero-order valence-electron chi connectivity index (χ0n) is 10.9. The molecule has 0 fully saturated rings. The van der Waals surface area contributed by atoms with E-state index >= 15 is 0 Å². The number of sulfonamides is 1. The third-order valence-electron chi connectivity index (χ3n) is 2.65. The smallest absolute Gasteiger partial charge is 0.261 e. The van der Waals surface area contributed by atoms with Gasteiger partial charge in [0.05, 0.1) is 27.7 Å². The van der Waals surface area contributed by atoms with Gasteiger partial charge in [-0.25, -0.2) is 8.42 Å². The first-order chi connectivity index (χ1) is 9.83. The number of nitrogen functional groups attached to an aromatic ring is 1. The summed E-state index contributed by atoms with van der Waals surface area (Å²) in [5, 5.41) is 0.417. The van der Waals surface area contributed by atoms with E-state index in [0.29, 0.717) is 5.69 Å². The van der Waals surface area contributed by atoms with E-state index in [1.165, 1.54) is 43.5 Å². The number of rotatable bonds is 4. The van der Waals surface area contributed by atoms with Crippen molar-refractivity contribution in [3.63, 3.8) is 0 Å². The largest absolute Gasteiger partial charge is 0.494 e. The van der Waals surface area contributed by atoms with Gasteiger partial charge in [0.25, 0.3) is 10.0 Å². The van der Waals surface area contributed by atoms with Crippen molar-refractivity contribution in [1.29, 1.82) is 0 Å². The van der Waals surface area contributed by atoms with E-state index in [-0.39, 0.29) is 26.4 Å². The highest BCUT2D eigenvalue weighted by molar-refractivity contribution is 7.92. The Morgan fingerprint density at radius 1 is 1.10 bits per heavy atom. The van der Waals surface area contributed by atoms with Gasteiger partial charge in [-0.3, -0.25) is 4.72 Å². The molecule has 0 aliphatic heterocycles. The van der Waals surface area contributed by atoms with Crippen LogP contribution in [0, 0.1) is 0 Å². The maximum atomic E-state index is 12.2. The van der Waals surface area contributed by atoms with E-state index in [1.807, 2.05) is 0 Å². The zero-order valence-corrected chi connectivity index (χ0v) is 13.3. The average Bonchev–Trinajstić information content (AvgIpc) is 2.38. The monoisotopic (exact) mass is 346 g/mol. The summed E-state index contributed by atoms with van der Waals surface area (Å²) in [4.78, 5) is 0.0831. The molecule has 2 rings (SSSR count). The van der Waals surface area contributed by atoms with Crippen LogP contribution in [-0.4, -0.2) is 15.5 Å². The Bertz CT molecular complexity index is 738. The lowest BCUT2D eigenvalue weighted by Crippen LogP contribution is -2.13. The molecule has 0 aliphatic carbocycles. The Labute approximate surface area is 132 Å². The molecule has 0 spiro atoms. The van der Waals surface area contributed by atoms with Crippen LogP contribution in [0.4, 0.5) is 11.4 Å². The van der Waals surface area contributed by atoms with Gasteiger partial charge in [-0.2, -0.15) is 0 Å². The minimum atomic E-state index is -3.75. The molecule has 0 aromatic heterocycles. The number of hydrogen-bond donors (Lipinski definition) is 2. The molecule has 0 atom stereocenters. The second-order valence-electron chi connectivity index (χ2n) is 4.15. The molecule has 5 nitrogen and oxygen atoms in total. The van der Waals surface area contributed by atoms with Crippen molar-refractivity contribution < 1.29 is 13.2 Å². The lowest BCUT2D eigenvalue weighted by Gasteiger charge is -2.11. The Balaban J connectivity index is 2.35. The van der Waals surface area contributed by atoms with E-state index in [0.717, 1.165) is 0 Å². The van der Waals surface area contributed by atoms with Gasteiger partial charge in [0.15, 0.2) is 5.75 Å². The molecule has 0 unspecified atom stereocenters. The summed E-state index contributed by atoms with van der Waals surface area (Å²) in [5.74, 6) is 0.286. The van der Waals surface area contributed by atoms with E-state index < -0.39 is 10.0 Å². The summed E-state index contributed by atoms with van der Waals surface area (Å²) in [6, 6.07) is 8.65. The van der Waals surface area contributed by atoms with Gasteiger partial charge < -0.3 is 10.5 Å². The van der Waals surface area contributed by atoms with Gasteiger partial charge in [-0.05, 0) is 36.4 Å². The number of nitrogens with two attached hydrogens (primary N) is 1. The summed E-state index contributed by atoms with van der Waals surface area (Å²) in [7, 11) is -2.32. The molecule has 8 heteroatoms. The van der Waals surface area contributed by atoms with Crippen molar-refractivity contribution in [3.05, 3.63) is 46.4 Å². The molecule has 112 valence electrons. The predicted molar refractivity (Wildman–Crippen MR) is 84.7 cm³/mol. The predicted octanol–water partition coefficient (Wildman–Crippen LogP) is 3.39. The molecule has 0 saturated heterocycles. The number of benzene rings is 2. The Morgan fingerprint density at radius 3 is 2.10 bits per heavy atom. The van der Waals surface area contributed by atoms with Crippen molar-refractivity contribution in [2.45, 2.75) is 4.90 Å². The fourth-order valence-corrected chi connectivity index (χ4v) is 3.36. The number of hydrogen-bond acceptors (Lipinski definition) is 4. The zero-order chi connectivity index (χ0) is 15.6. The Hall–Kier alpha value is -1.63. The van der Waals surface area contributed by atoms with Crippen LogP contribution in [0.15, 0.2) is 41.3 Å². The van der Waals surface area contributed by atoms with Crippen molar-refractivity contribution in [2.24, 2.45) is 0 Å². The number of methoxy groups -OCH3 is 1. The lowest BCUT2D eigenvalue weighted by molar-refractivity contribution is 0.415. The summed E-state index contributed by atoms with van der Waals surface area (Å²) in [6.45, 7) is 0. The molecular formula is C13H12Cl2N2O3S. The third-order valence-corrected chi connectivity index (χ3v) is 4.60. The van der Waals surface area contributed by atoms with Crippen LogP contribution < -0.4 is 15.2 Å². The van der Waals surface area contributed by atoms with Crippen LogP contribution in [-0.2, 0) is 10.0 Å². The highest BCUT2D eigenvalue weighted by Crippen LogP contribution is 2.36. The third kappa shape index (κ3) is 3.53. The maximum Gasteiger partial charge on any atom is 0.261 e. The van der Waals surface area contributed by atoms with Crippen LogP contribution >= 0.6 is 23.2 Å². The first kappa shape index (κ1) is 15.8. The van der Waals surface area contributed by atoms with E-state index in [4.69, 9.17) is 33.7 Å². The Kier molecular flexibility index (Phi) is 4.51. The molecule has 0 heterocycles. The highest BCUT2D eigenvalue weighted by Gasteiger charge is 2.16. The van der Waals surface area contributed by atoms with Crippen molar-refractivity contribution in [2.75, 3.05) is 17.6 Å². The molecule has 2 aromatic carbocycles. The molecule has 2 aromatic rings. The van der Waals surface area contributed by atoms with Gasteiger partial charge in [0, 0.05) is 5.69 Å². The fraction of sp³-hybridized carbons (Fsp3) is 0.0769. The van der Waals surface area contributed by atoms with Crippen molar-refractivity contribution >= 4 is 44.6 Å². The molecular weight excluding hydrogens is 335 g/mol. The molecule has 0 radical (unpaired) electrons. The van der Waals surface area contributed by atoms with Gasteiger partial charge in [-0.1, -0.05) is 23.2 Å². The second kappa shape index (κ2) is 6.01. The highest BCUT2D eigenvalue weighted by atomic mass is 35.5. The number of nitrogens with one attached hydrogen (secondary N) is 1. The fourth-order valence-electron chi connectivity index (χ4n) is 1.67. The quantitative estimate of drug-likeness (QED) is 0.831. The van der Waals surface area contributed by atoms with Gasteiger partial charge in [0.2, 0.25) is 0 Å². The lowest BCUT2D eigenvalue weighted by atomic mass is 10.3. The first-order valence-corrected chi connectivity index (χ1v) is 7.99. The summed E-state index contributed by atoms with van der Waals surface area (Å²) in [5.41, 5.74) is 6.25. The number of halogens is 2. The second-order valence-corrected chi connectivity index (χ2v) is 6.64. The van der Waals surface area contributed by atoms with Crippen LogP contribution in [0.2, 0.25) is 10.0 Å². The number of anilines is 2. The molecule has 0 bridgehead atoms. The summed E-state index contributed by atoms with van der Waals surface area (Å²) < 4.78 is 31.8. The van der Waals surface area contributed by atoms with Crippen LogP contribution in [0.5, 0.6) is 5.75 Å².